The summed E-state index contributed by atoms with van der Waals surface area (Å²) in [6.45, 7) is 6.17. The van der Waals surface area contributed by atoms with Gasteiger partial charge in [-0.3, -0.25) is 4.90 Å². The summed E-state index contributed by atoms with van der Waals surface area (Å²) in [4.78, 5) is 2.73. The van der Waals surface area contributed by atoms with E-state index in [9.17, 15) is 0 Å². The summed E-state index contributed by atoms with van der Waals surface area (Å²) in [5.74, 6) is 2.61. The molecule has 0 aliphatic carbocycles. The molecule has 2 heterocycles. The molecule has 15 heavy (non-hydrogen) atoms. The Balaban J connectivity index is 1.79. The summed E-state index contributed by atoms with van der Waals surface area (Å²) in [7, 11) is 0. The van der Waals surface area contributed by atoms with Crippen molar-refractivity contribution in [3.8, 4) is 0 Å². The van der Waals surface area contributed by atoms with E-state index in [0.717, 1.165) is 12.1 Å². The lowest BCUT2D eigenvalue weighted by Crippen LogP contribution is -2.50. The number of nitrogens with zero attached hydrogens (tertiary/aromatic N) is 1. The van der Waals surface area contributed by atoms with Crippen molar-refractivity contribution in [3.63, 3.8) is 0 Å². The predicted octanol–water partition coefficient (Wildman–Crippen LogP) is 1.96. The van der Waals surface area contributed by atoms with Gasteiger partial charge in [0.2, 0.25) is 0 Å². The molecule has 0 amide bonds. The largest absolute Gasteiger partial charge is 0.311 e. The summed E-state index contributed by atoms with van der Waals surface area (Å²) in [6, 6.07) is 1.61. The number of thioether (sulfide) groups is 1. The molecule has 2 saturated heterocycles. The van der Waals surface area contributed by atoms with Gasteiger partial charge < -0.3 is 5.32 Å². The first-order chi connectivity index (χ1) is 7.40. The van der Waals surface area contributed by atoms with Crippen molar-refractivity contribution >= 4 is 11.8 Å². The third-order valence-corrected chi connectivity index (χ3v) is 4.80. The summed E-state index contributed by atoms with van der Waals surface area (Å²) in [5.41, 5.74) is 0. The third kappa shape index (κ3) is 3.36. The monoisotopic (exact) mass is 228 g/mol. The maximum absolute atomic E-state index is 3.65. The van der Waals surface area contributed by atoms with Gasteiger partial charge in [-0.05, 0) is 25.8 Å². The second-order valence-corrected chi connectivity index (χ2v) is 5.93. The molecule has 0 bridgehead atoms. The van der Waals surface area contributed by atoms with Crippen LogP contribution in [0.15, 0.2) is 0 Å². The third-order valence-electron chi connectivity index (χ3n) is 3.67. The van der Waals surface area contributed by atoms with E-state index in [2.05, 4.69) is 28.9 Å². The SMILES string of the molecule is CCC1CCCCN1CC1CSCCN1. The van der Waals surface area contributed by atoms with Crippen molar-refractivity contribution in [2.24, 2.45) is 0 Å². The number of piperidine rings is 1. The van der Waals surface area contributed by atoms with E-state index < -0.39 is 0 Å². The van der Waals surface area contributed by atoms with Gasteiger partial charge in [0, 0.05) is 36.7 Å². The van der Waals surface area contributed by atoms with Crippen molar-refractivity contribution in [2.75, 3.05) is 31.1 Å². The van der Waals surface area contributed by atoms with Gasteiger partial charge in [0.1, 0.15) is 0 Å². The fourth-order valence-corrected chi connectivity index (χ4v) is 3.72. The van der Waals surface area contributed by atoms with Crippen molar-refractivity contribution in [2.45, 2.75) is 44.7 Å². The molecule has 1 N–H and O–H groups in total. The average Bonchev–Trinajstić information content (AvgIpc) is 2.31. The maximum Gasteiger partial charge on any atom is 0.0286 e. The molecule has 0 saturated carbocycles. The molecule has 2 aliphatic heterocycles. The Labute approximate surface area is 98.2 Å². The lowest BCUT2D eigenvalue weighted by Gasteiger charge is -2.38. The molecule has 2 aliphatic rings. The second-order valence-electron chi connectivity index (χ2n) is 4.78. The Bertz CT molecular complexity index is 180. The van der Waals surface area contributed by atoms with Crippen molar-refractivity contribution in [1.82, 2.24) is 10.2 Å². The number of nitrogens with one attached hydrogen (secondary N) is 1. The molecule has 0 aromatic carbocycles. The first kappa shape index (κ1) is 11.7. The van der Waals surface area contributed by atoms with E-state index in [1.165, 1.54) is 56.8 Å². The van der Waals surface area contributed by atoms with Crippen LogP contribution in [-0.4, -0.2) is 48.1 Å². The zero-order valence-corrected chi connectivity index (χ0v) is 10.7. The predicted molar refractivity (Wildman–Crippen MR) is 68.6 cm³/mol. The Morgan fingerprint density at radius 1 is 1.40 bits per heavy atom. The van der Waals surface area contributed by atoms with Gasteiger partial charge in [-0.2, -0.15) is 11.8 Å². The van der Waals surface area contributed by atoms with E-state index in [0.29, 0.717) is 0 Å². The van der Waals surface area contributed by atoms with E-state index >= 15 is 0 Å². The van der Waals surface area contributed by atoms with Crippen LogP contribution in [-0.2, 0) is 0 Å². The van der Waals surface area contributed by atoms with Crippen molar-refractivity contribution in [1.29, 1.82) is 0 Å². The maximum atomic E-state index is 3.65. The second kappa shape index (κ2) is 6.12. The van der Waals surface area contributed by atoms with E-state index in [1.807, 2.05) is 0 Å². The number of hydrogen-bond donors (Lipinski definition) is 1. The fourth-order valence-electron chi connectivity index (χ4n) is 2.78. The zero-order valence-electron chi connectivity index (χ0n) is 9.87. The molecule has 2 unspecified atom stereocenters. The van der Waals surface area contributed by atoms with Crippen LogP contribution in [0.5, 0.6) is 0 Å². The Kier molecular flexibility index (Phi) is 4.79. The lowest BCUT2D eigenvalue weighted by atomic mass is 9.99. The van der Waals surface area contributed by atoms with Crippen LogP contribution < -0.4 is 5.32 Å². The van der Waals surface area contributed by atoms with E-state index in [1.54, 1.807) is 0 Å². The molecular weight excluding hydrogens is 204 g/mol. The average molecular weight is 228 g/mol. The van der Waals surface area contributed by atoms with Gasteiger partial charge in [-0.15, -0.1) is 0 Å². The van der Waals surface area contributed by atoms with E-state index in [-0.39, 0.29) is 0 Å². The van der Waals surface area contributed by atoms with Crippen LogP contribution in [0.2, 0.25) is 0 Å². The number of likely N-dealkylation sites (tertiary alicyclic amines) is 1. The summed E-state index contributed by atoms with van der Waals surface area (Å²) in [6.07, 6.45) is 5.62. The Morgan fingerprint density at radius 2 is 2.33 bits per heavy atom. The molecule has 2 atom stereocenters. The van der Waals surface area contributed by atoms with Gasteiger partial charge in [-0.1, -0.05) is 13.3 Å². The Morgan fingerprint density at radius 3 is 3.07 bits per heavy atom. The smallest absolute Gasteiger partial charge is 0.0286 e. The fraction of sp³-hybridized carbons (Fsp3) is 1.00. The minimum Gasteiger partial charge on any atom is -0.311 e. The quantitative estimate of drug-likeness (QED) is 0.795. The van der Waals surface area contributed by atoms with Crippen molar-refractivity contribution < 1.29 is 0 Å². The molecular formula is C12H24N2S. The zero-order chi connectivity index (χ0) is 10.5. The minimum atomic E-state index is 0.746. The topological polar surface area (TPSA) is 15.3 Å². The minimum absolute atomic E-state index is 0.746. The van der Waals surface area contributed by atoms with Crippen LogP contribution in [0, 0.1) is 0 Å². The molecule has 88 valence electrons. The summed E-state index contributed by atoms with van der Waals surface area (Å²) in [5, 5.41) is 3.65. The molecule has 0 aromatic rings. The van der Waals surface area contributed by atoms with Gasteiger partial charge in [0.25, 0.3) is 0 Å². The van der Waals surface area contributed by atoms with Gasteiger partial charge in [0.05, 0.1) is 0 Å². The first-order valence-electron chi connectivity index (χ1n) is 6.45. The van der Waals surface area contributed by atoms with Gasteiger partial charge in [-0.25, -0.2) is 0 Å². The molecule has 2 rings (SSSR count). The molecule has 2 fully saturated rings. The Hall–Kier alpha value is 0.270. The van der Waals surface area contributed by atoms with Crippen LogP contribution in [0.3, 0.4) is 0 Å². The normalized spacial score (nSPS) is 34.2. The number of hydrogen-bond acceptors (Lipinski definition) is 3. The van der Waals surface area contributed by atoms with Gasteiger partial charge >= 0.3 is 0 Å². The van der Waals surface area contributed by atoms with E-state index in [4.69, 9.17) is 0 Å². The van der Waals surface area contributed by atoms with Gasteiger partial charge in [0.15, 0.2) is 0 Å². The highest BCUT2D eigenvalue weighted by Gasteiger charge is 2.24. The van der Waals surface area contributed by atoms with Crippen LogP contribution in [0.25, 0.3) is 0 Å². The molecule has 3 heteroatoms. The summed E-state index contributed by atoms with van der Waals surface area (Å²) < 4.78 is 0. The first-order valence-corrected chi connectivity index (χ1v) is 7.61. The molecule has 0 radical (unpaired) electrons. The molecule has 2 nitrogen and oxygen atoms in total. The highest BCUT2D eigenvalue weighted by molar-refractivity contribution is 7.99. The standard InChI is InChI=1S/C12H24N2S/c1-2-12-5-3-4-7-14(12)9-11-10-15-8-6-13-11/h11-13H,2-10H2,1H3. The summed E-state index contributed by atoms with van der Waals surface area (Å²) >= 11 is 2.11. The van der Waals surface area contributed by atoms with Crippen LogP contribution >= 0.6 is 11.8 Å². The highest BCUT2D eigenvalue weighted by atomic mass is 32.2. The molecule has 0 spiro atoms. The number of rotatable bonds is 3. The highest BCUT2D eigenvalue weighted by Crippen LogP contribution is 2.20. The lowest BCUT2D eigenvalue weighted by molar-refractivity contribution is 0.132. The van der Waals surface area contributed by atoms with Crippen LogP contribution in [0.1, 0.15) is 32.6 Å². The van der Waals surface area contributed by atoms with Crippen molar-refractivity contribution in [3.05, 3.63) is 0 Å². The van der Waals surface area contributed by atoms with Crippen LogP contribution in [0.4, 0.5) is 0 Å². The molecule has 0 aromatic heterocycles.